The quantitative estimate of drug-likeness (QED) is 0.434. The third kappa shape index (κ3) is 6.37. The fraction of sp³-hybridized carbons (Fsp3) is 0.480. The summed E-state index contributed by atoms with van der Waals surface area (Å²) in [7, 11) is 3.32. The molecular formula is C25H33NO6. The lowest BCUT2D eigenvalue weighted by Crippen LogP contribution is -2.18. The average molecular weight is 444 g/mol. The van der Waals surface area contributed by atoms with Gasteiger partial charge in [0.2, 0.25) is 0 Å². The summed E-state index contributed by atoms with van der Waals surface area (Å²) in [6, 6.07) is 9.02. The fourth-order valence-electron chi connectivity index (χ4n) is 3.95. The number of hydrogen-bond donors (Lipinski definition) is 3. The summed E-state index contributed by atoms with van der Waals surface area (Å²) in [5.74, 6) is 2.03. The molecule has 0 spiro atoms. The zero-order chi connectivity index (χ0) is 22.9. The number of carbonyl (C=O) groups is 1. The van der Waals surface area contributed by atoms with Crippen LogP contribution in [-0.4, -0.2) is 49.6 Å². The Balaban J connectivity index is 1.51. The Morgan fingerprint density at radius 1 is 1.22 bits per heavy atom. The second-order valence-corrected chi connectivity index (χ2v) is 8.07. The van der Waals surface area contributed by atoms with Crippen molar-refractivity contribution in [2.24, 2.45) is 0 Å². The highest BCUT2D eigenvalue weighted by Gasteiger charge is 2.20. The number of Topliss-reactive ketones (excluding diaryl/α,β-unsaturated/α-hetero) is 1. The van der Waals surface area contributed by atoms with Gasteiger partial charge in [-0.25, -0.2) is 0 Å². The van der Waals surface area contributed by atoms with Gasteiger partial charge in [-0.05, 0) is 68.5 Å². The standard InChI is InChI=1S/C25H33NO6/c1-26-16-32-23-12-8-18(21-4-3-13-31-25(21)23)7-10-20(28)15-19(27)9-5-17-6-11-22(29)24(14-17)30-2/h6,8,11-12,14,20,26,28-29H,3-5,7,9-10,13,15-16H2,1-2H3. The molecular weight excluding hydrogens is 410 g/mol. The molecule has 1 atom stereocenters. The van der Waals surface area contributed by atoms with Gasteiger partial charge in [0, 0.05) is 18.4 Å². The smallest absolute Gasteiger partial charge is 0.164 e. The maximum atomic E-state index is 12.4. The Kier molecular flexibility index (Phi) is 8.76. The van der Waals surface area contributed by atoms with Crippen LogP contribution in [0, 0.1) is 0 Å². The van der Waals surface area contributed by atoms with Crippen molar-refractivity contribution in [3.05, 3.63) is 47.0 Å². The highest BCUT2D eigenvalue weighted by molar-refractivity contribution is 5.79. The molecule has 0 fully saturated rings. The molecule has 7 nitrogen and oxygen atoms in total. The molecule has 0 saturated carbocycles. The molecule has 0 amide bonds. The van der Waals surface area contributed by atoms with E-state index in [2.05, 4.69) is 5.32 Å². The van der Waals surface area contributed by atoms with Crippen LogP contribution in [0.5, 0.6) is 23.0 Å². The van der Waals surface area contributed by atoms with Gasteiger partial charge in [-0.2, -0.15) is 0 Å². The van der Waals surface area contributed by atoms with Crippen LogP contribution in [-0.2, 0) is 24.1 Å². The molecule has 0 aliphatic carbocycles. The summed E-state index contributed by atoms with van der Waals surface area (Å²) < 4.78 is 16.7. The van der Waals surface area contributed by atoms with Gasteiger partial charge in [0.25, 0.3) is 0 Å². The number of phenols is 1. The third-order valence-corrected chi connectivity index (χ3v) is 5.66. The number of fused-ring (bicyclic) bond motifs is 1. The lowest BCUT2D eigenvalue weighted by atomic mass is 9.94. The topological polar surface area (TPSA) is 97.2 Å². The number of nitrogens with one attached hydrogen (secondary N) is 1. The summed E-state index contributed by atoms with van der Waals surface area (Å²) in [5, 5.41) is 23.1. The summed E-state index contributed by atoms with van der Waals surface area (Å²) in [6.07, 6.45) is 3.41. The molecule has 1 aliphatic heterocycles. The van der Waals surface area contributed by atoms with E-state index in [9.17, 15) is 15.0 Å². The largest absolute Gasteiger partial charge is 0.504 e. The van der Waals surface area contributed by atoms with Crippen LogP contribution in [0.4, 0.5) is 0 Å². The number of aliphatic hydroxyl groups is 1. The number of aryl methyl sites for hydroxylation is 2. The number of hydrogen-bond acceptors (Lipinski definition) is 7. The first-order valence-electron chi connectivity index (χ1n) is 11.1. The number of ketones is 1. The van der Waals surface area contributed by atoms with E-state index in [1.165, 1.54) is 7.11 Å². The van der Waals surface area contributed by atoms with Gasteiger partial charge in [0.05, 0.1) is 19.8 Å². The molecule has 0 radical (unpaired) electrons. The monoisotopic (exact) mass is 443 g/mol. The molecule has 1 aliphatic rings. The molecule has 7 heteroatoms. The number of phenolic OH excluding ortho intramolecular Hbond substituents is 1. The van der Waals surface area contributed by atoms with Crippen molar-refractivity contribution in [2.45, 2.75) is 51.0 Å². The Bertz CT molecular complexity index is 914. The summed E-state index contributed by atoms with van der Waals surface area (Å²) in [4.78, 5) is 12.4. The van der Waals surface area contributed by atoms with Gasteiger partial charge in [-0.3, -0.25) is 10.1 Å². The van der Waals surface area contributed by atoms with Crippen molar-refractivity contribution in [3.8, 4) is 23.0 Å². The molecule has 0 bridgehead atoms. The minimum atomic E-state index is -0.683. The van der Waals surface area contributed by atoms with Crippen LogP contribution in [0.3, 0.4) is 0 Å². The molecule has 1 heterocycles. The van der Waals surface area contributed by atoms with E-state index in [0.717, 1.165) is 41.0 Å². The first-order valence-corrected chi connectivity index (χ1v) is 11.1. The average Bonchev–Trinajstić information content (AvgIpc) is 2.81. The number of rotatable bonds is 12. The number of aliphatic hydroxyl groups excluding tert-OH is 1. The van der Waals surface area contributed by atoms with E-state index in [1.807, 2.05) is 19.2 Å². The van der Waals surface area contributed by atoms with Gasteiger partial charge >= 0.3 is 0 Å². The summed E-state index contributed by atoms with van der Waals surface area (Å²) in [5.41, 5.74) is 3.19. The molecule has 3 rings (SSSR count). The van der Waals surface area contributed by atoms with Crippen LogP contribution >= 0.6 is 0 Å². The predicted molar refractivity (Wildman–Crippen MR) is 122 cm³/mol. The molecule has 174 valence electrons. The first kappa shape index (κ1) is 23.9. The SMILES string of the molecule is CNCOc1ccc(CCC(O)CC(=O)CCc2ccc(O)c(OC)c2)c2c1OCCC2. The zero-order valence-electron chi connectivity index (χ0n) is 18.9. The summed E-state index contributed by atoms with van der Waals surface area (Å²) in [6.45, 7) is 1.09. The van der Waals surface area contributed by atoms with Gasteiger partial charge in [-0.15, -0.1) is 0 Å². The Morgan fingerprint density at radius 3 is 2.84 bits per heavy atom. The number of carbonyl (C=O) groups excluding carboxylic acids is 1. The van der Waals surface area contributed by atoms with Crippen molar-refractivity contribution >= 4 is 5.78 Å². The van der Waals surface area contributed by atoms with Crippen molar-refractivity contribution < 1.29 is 29.2 Å². The molecule has 3 N–H and O–H groups in total. The lowest BCUT2D eigenvalue weighted by Gasteiger charge is -2.23. The molecule has 32 heavy (non-hydrogen) atoms. The normalized spacial score (nSPS) is 13.7. The maximum absolute atomic E-state index is 12.4. The van der Waals surface area contributed by atoms with Crippen molar-refractivity contribution in [3.63, 3.8) is 0 Å². The molecule has 2 aromatic carbocycles. The van der Waals surface area contributed by atoms with Crippen LogP contribution in [0.2, 0.25) is 0 Å². The van der Waals surface area contributed by atoms with Crippen LogP contribution in [0.25, 0.3) is 0 Å². The van der Waals surface area contributed by atoms with E-state index in [-0.39, 0.29) is 18.0 Å². The minimum Gasteiger partial charge on any atom is -0.504 e. The van der Waals surface area contributed by atoms with Gasteiger partial charge in [-0.1, -0.05) is 12.1 Å². The summed E-state index contributed by atoms with van der Waals surface area (Å²) >= 11 is 0. The molecule has 1 unspecified atom stereocenters. The van der Waals surface area contributed by atoms with Crippen LogP contribution < -0.4 is 19.5 Å². The number of benzene rings is 2. The van der Waals surface area contributed by atoms with Crippen LogP contribution in [0.1, 0.15) is 42.4 Å². The molecule has 0 saturated heterocycles. The van der Waals surface area contributed by atoms with E-state index in [4.69, 9.17) is 14.2 Å². The fourth-order valence-corrected chi connectivity index (χ4v) is 3.95. The highest BCUT2D eigenvalue weighted by atomic mass is 16.5. The molecule has 2 aromatic rings. The van der Waals surface area contributed by atoms with Crippen molar-refractivity contribution in [1.29, 1.82) is 0 Å². The van der Waals surface area contributed by atoms with Crippen LogP contribution in [0.15, 0.2) is 30.3 Å². The Morgan fingerprint density at radius 2 is 2.06 bits per heavy atom. The first-order chi connectivity index (χ1) is 15.5. The lowest BCUT2D eigenvalue weighted by molar-refractivity contribution is -0.121. The van der Waals surface area contributed by atoms with Crippen molar-refractivity contribution in [1.82, 2.24) is 5.32 Å². The van der Waals surface area contributed by atoms with Gasteiger partial charge in [0.1, 0.15) is 12.5 Å². The zero-order valence-corrected chi connectivity index (χ0v) is 18.9. The highest BCUT2D eigenvalue weighted by Crippen LogP contribution is 2.38. The molecule has 0 aromatic heterocycles. The second kappa shape index (κ2) is 11.7. The van der Waals surface area contributed by atoms with E-state index in [1.54, 1.807) is 18.2 Å². The van der Waals surface area contributed by atoms with Gasteiger partial charge < -0.3 is 24.4 Å². The minimum absolute atomic E-state index is 0.0192. The maximum Gasteiger partial charge on any atom is 0.164 e. The van der Waals surface area contributed by atoms with E-state index >= 15 is 0 Å². The third-order valence-electron chi connectivity index (χ3n) is 5.66. The van der Waals surface area contributed by atoms with E-state index in [0.29, 0.717) is 44.8 Å². The number of ether oxygens (including phenoxy) is 3. The Hall–Kier alpha value is -2.77. The predicted octanol–water partition coefficient (Wildman–Crippen LogP) is 3.17. The number of methoxy groups -OCH3 is 1. The van der Waals surface area contributed by atoms with E-state index < -0.39 is 6.10 Å². The number of aromatic hydroxyl groups is 1. The van der Waals surface area contributed by atoms with Gasteiger partial charge in [0.15, 0.2) is 23.0 Å². The Labute approximate surface area is 189 Å². The van der Waals surface area contributed by atoms with Crippen molar-refractivity contribution in [2.75, 3.05) is 27.5 Å². The second-order valence-electron chi connectivity index (χ2n) is 8.07.